The van der Waals surface area contributed by atoms with Crippen LogP contribution in [-0.2, 0) is 4.79 Å². The first-order valence-corrected chi connectivity index (χ1v) is 10.7. The number of nitrogens with zero attached hydrogens (tertiary/aromatic N) is 1. The van der Waals surface area contributed by atoms with E-state index in [-0.39, 0.29) is 18.5 Å². The van der Waals surface area contributed by atoms with Crippen LogP contribution in [0.2, 0.25) is 0 Å². The molecule has 1 atom stereocenters. The molecule has 1 unspecified atom stereocenters. The molecule has 7 nitrogen and oxygen atoms in total. The first-order valence-electron chi connectivity index (χ1n) is 10.7. The molecular weight excluding hydrogens is 441 g/mol. The van der Waals surface area contributed by atoms with Gasteiger partial charge in [-0.25, -0.2) is 4.39 Å². The van der Waals surface area contributed by atoms with Crippen LogP contribution >= 0.6 is 0 Å². The van der Waals surface area contributed by atoms with Gasteiger partial charge in [-0.05, 0) is 61.1 Å². The van der Waals surface area contributed by atoms with Crippen molar-refractivity contribution < 1.29 is 33.2 Å². The van der Waals surface area contributed by atoms with Crippen LogP contribution in [0.15, 0.2) is 66.7 Å². The fraction of sp³-hybridized carbons (Fsp3) is 0.269. The number of likely N-dealkylation sites (N-methyl/N-ethyl adjacent to an activating group) is 1. The van der Waals surface area contributed by atoms with Gasteiger partial charge in [0.1, 0.15) is 29.2 Å². The van der Waals surface area contributed by atoms with E-state index in [1.54, 1.807) is 80.8 Å². The Bertz CT molecular complexity index is 1070. The van der Waals surface area contributed by atoms with E-state index in [2.05, 4.69) is 0 Å². The summed E-state index contributed by atoms with van der Waals surface area (Å²) in [6.45, 7) is 0.424. The molecule has 0 saturated carbocycles. The maximum atomic E-state index is 13.4. The van der Waals surface area contributed by atoms with E-state index in [4.69, 9.17) is 24.1 Å². The molecule has 0 saturated heterocycles. The van der Waals surface area contributed by atoms with Crippen molar-refractivity contribution in [3.63, 3.8) is 0 Å². The van der Waals surface area contributed by atoms with Gasteiger partial charge in [-0.3, -0.25) is 9.69 Å². The fourth-order valence-electron chi connectivity index (χ4n) is 3.39. The van der Waals surface area contributed by atoms with Gasteiger partial charge in [-0.1, -0.05) is 12.1 Å². The fourth-order valence-corrected chi connectivity index (χ4v) is 3.39. The Hall–Kier alpha value is -3.78. The van der Waals surface area contributed by atoms with Gasteiger partial charge in [0.2, 0.25) is 0 Å². The number of rotatable bonds is 12. The zero-order valence-electron chi connectivity index (χ0n) is 19.4. The van der Waals surface area contributed by atoms with Gasteiger partial charge in [-0.2, -0.15) is 0 Å². The van der Waals surface area contributed by atoms with Crippen LogP contribution < -0.4 is 18.9 Å². The summed E-state index contributed by atoms with van der Waals surface area (Å²) >= 11 is 0. The molecule has 0 aliphatic heterocycles. The van der Waals surface area contributed by atoms with E-state index in [1.165, 1.54) is 12.1 Å². The summed E-state index contributed by atoms with van der Waals surface area (Å²) in [7, 11) is 4.86. The number of carboxylic acid groups (broad SMARTS) is 1. The van der Waals surface area contributed by atoms with E-state index in [0.717, 1.165) is 5.56 Å². The standard InChI is InChI=1S/C26H28FNO6/c1-28(17-26(29)30)15-14-23(18-4-6-19(27)7-5-18)34-21-10-8-20(9-11-21)33-22-12-13-24(31-2)25(16-22)32-3/h4-13,16,23H,14-15,17H2,1-3H3,(H,29,30). The molecule has 180 valence electrons. The number of benzene rings is 3. The van der Waals surface area contributed by atoms with Gasteiger partial charge in [0, 0.05) is 19.0 Å². The van der Waals surface area contributed by atoms with Crippen LogP contribution in [0.4, 0.5) is 4.39 Å². The second-order valence-electron chi connectivity index (χ2n) is 7.67. The molecule has 0 radical (unpaired) electrons. The first kappa shape index (κ1) is 24.9. The van der Waals surface area contributed by atoms with E-state index >= 15 is 0 Å². The normalized spacial score (nSPS) is 11.7. The number of hydrogen-bond donors (Lipinski definition) is 1. The van der Waals surface area contributed by atoms with Crippen molar-refractivity contribution in [2.24, 2.45) is 0 Å². The van der Waals surface area contributed by atoms with Crippen LogP contribution in [0.25, 0.3) is 0 Å². The average Bonchev–Trinajstić information content (AvgIpc) is 2.83. The first-order chi connectivity index (χ1) is 16.4. The Morgan fingerprint density at radius 2 is 1.53 bits per heavy atom. The highest BCUT2D eigenvalue weighted by Gasteiger charge is 2.16. The van der Waals surface area contributed by atoms with E-state index < -0.39 is 5.97 Å². The van der Waals surface area contributed by atoms with Crippen molar-refractivity contribution in [2.45, 2.75) is 12.5 Å². The Kier molecular flexibility index (Phi) is 8.70. The lowest BCUT2D eigenvalue weighted by atomic mass is 10.1. The summed E-state index contributed by atoms with van der Waals surface area (Å²) in [6, 6.07) is 18.5. The topological polar surface area (TPSA) is 77.5 Å². The largest absolute Gasteiger partial charge is 0.493 e. The van der Waals surface area contributed by atoms with E-state index in [9.17, 15) is 9.18 Å². The Balaban J connectivity index is 1.70. The molecular formula is C26H28FNO6. The molecule has 3 aromatic rings. The van der Waals surface area contributed by atoms with Gasteiger partial charge in [-0.15, -0.1) is 0 Å². The lowest BCUT2D eigenvalue weighted by Gasteiger charge is -2.22. The number of aliphatic carboxylic acids is 1. The van der Waals surface area contributed by atoms with Crippen molar-refractivity contribution in [3.8, 4) is 28.7 Å². The van der Waals surface area contributed by atoms with Crippen molar-refractivity contribution in [1.29, 1.82) is 0 Å². The minimum atomic E-state index is -0.896. The third-order valence-electron chi connectivity index (χ3n) is 5.11. The monoisotopic (exact) mass is 469 g/mol. The molecule has 3 aromatic carbocycles. The summed E-state index contributed by atoms with van der Waals surface area (Å²) in [4.78, 5) is 12.6. The summed E-state index contributed by atoms with van der Waals surface area (Å²) in [5.74, 6) is 1.76. The molecule has 0 heterocycles. The molecule has 8 heteroatoms. The van der Waals surface area contributed by atoms with Crippen molar-refractivity contribution in [1.82, 2.24) is 4.90 Å². The molecule has 1 N–H and O–H groups in total. The smallest absolute Gasteiger partial charge is 0.317 e. The molecule has 0 aliphatic carbocycles. The van der Waals surface area contributed by atoms with Gasteiger partial charge in [0.25, 0.3) is 0 Å². The number of ether oxygens (including phenoxy) is 4. The van der Waals surface area contributed by atoms with Gasteiger partial charge in [0.15, 0.2) is 11.5 Å². The zero-order chi connectivity index (χ0) is 24.5. The molecule has 0 aliphatic rings. The quantitative estimate of drug-likeness (QED) is 0.393. The van der Waals surface area contributed by atoms with Crippen LogP contribution in [0.1, 0.15) is 18.1 Å². The van der Waals surface area contributed by atoms with Gasteiger partial charge >= 0.3 is 5.97 Å². The number of carbonyl (C=O) groups is 1. The molecule has 0 bridgehead atoms. The second-order valence-corrected chi connectivity index (χ2v) is 7.67. The molecule has 0 fully saturated rings. The minimum absolute atomic E-state index is 0.0711. The lowest BCUT2D eigenvalue weighted by Crippen LogP contribution is -2.28. The number of methoxy groups -OCH3 is 2. The molecule has 3 rings (SSSR count). The Labute approximate surface area is 198 Å². The molecule has 34 heavy (non-hydrogen) atoms. The Morgan fingerprint density at radius 3 is 2.15 bits per heavy atom. The maximum absolute atomic E-state index is 13.4. The van der Waals surface area contributed by atoms with Crippen molar-refractivity contribution >= 4 is 5.97 Å². The summed E-state index contributed by atoms with van der Waals surface area (Å²) < 4.78 is 36.0. The molecule has 0 spiro atoms. The SMILES string of the molecule is COc1ccc(Oc2ccc(OC(CCN(C)CC(=O)O)c3ccc(F)cc3)cc2)cc1OC. The number of halogens is 1. The Morgan fingerprint density at radius 1 is 0.912 bits per heavy atom. The predicted molar refractivity (Wildman–Crippen MR) is 126 cm³/mol. The van der Waals surface area contributed by atoms with Crippen molar-refractivity contribution in [3.05, 3.63) is 78.1 Å². The third-order valence-corrected chi connectivity index (χ3v) is 5.11. The number of hydrogen-bond acceptors (Lipinski definition) is 6. The average molecular weight is 470 g/mol. The highest BCUT2D eigenvalue weighted by molar-refractivity contribution is 5.69. The maximum Gasteiger partial charge on any atom is 0.317 e. The highest BCUT2D eigenvalue weighted by atomic mass is 19.1. The highest BCUT2D eigenvalue weighted by Crippen LogP contribution is 2.34. The van der Waals surface area contributed by atoms with Gasteiger partial charge in [0.05, 0.1) is 20.8 Å². The van der Waals surface area contributed by atoms with E-state index in [0.29, 0.717) is 41.7 Å². The van der Waals surface area contributed by atoms with Gasteiger partial charge < -0.3 is 24.1 Å². The van der Waals surface area contributed by atoms with Crippen LogP contribution in [0.5, 0.6) is 28.7 Å². The summed E-state index contributed by atoms with van der Waals surface area (Å²) in [6.07, 6.45) is 0.147. The summed E-state index contributed by atoms with van der Waals surface area (Å²) in [5, 5.41) is 8.98. The summed E-state index contributed by atoms with van der Waals surface area (Å²) in [5.41, 5.74) is 0.802. The number of carboxylic acids is 1. The van der Waals surface area contributed by atoms with Crippen LogP contribution in [-0.4, -0.2) is 50.3 Å². The van der Waals surface area contributed by atoms with Crippen molar-refractivity contribution in [2.75, 3.05) is 34.4 Å². The van der Waals surface area contributed by atoms with E-state index in [1.807, 2.05) is 0 Å². The zero-order valence-corrected chi connectivity index (χ0v) is 19.4. The third kappa shape index (κ3) is 7.11. The lowest BCUT2D eigenvalue weighted by molar-refractivity contribution is -0.138. The van der Waals surface area contributed by atoms with Crippen LogP contribution in [0, 0.1) is 5.82 Å². The molecule has 0 aromatic heterocycles. The minimum Gasteiger partial charge on any atom is -0.493 e. The second kappa shape index (κ2) is 11.9. The predicted octanol–water partition coefficient (Wildman–Crippen LogP) is 5.16. The molecule has 0 amide bonds. The van der Waals surface area contributed by atoms with Crippen LogP contribution in [0.3, 0.4) is 0 Å².